The molecule has 0 bridgehead atoms. The molecule has 1 saturated carbocycles. The number of halogens is 3. The first-order valence-electron chi connectivity index (χ1n) is 7.00. The Morgan fingerprint density at radius 2 is 1.80 bits per heavy atom. The van der Waals surface area contributed by atoms with E-state index in [0.717, 1.165) is 12.8 Å². The number of amides is 2. The SMILES string of the molecule is CC(C)[C@@H](CO)NC(=O)N[C@@H](C1CCCC1)C(F)(F)F. The van der Waals surface area contributed by atoms with Crippen LogP contribution in [0.15, 0.2) is 0 Å². The van der Waals surface area contributed by atoms with Gasteiger partial charge >= 0.3 is 12.2 Å². The van der Waals surface area contributed by atoms with Crippen LogP contribution in [0.3, 0.4) is 0 Å². The first-order valence-corrected chi connectivity index (χ1v) is 7.00. The average molecular weight is 296 g/mol. The molecule has 0 aromatic heterocycles. The Morgan fingerprint density at radius 3 is 2.20 bits per heavy atom. The van der Waals surface area contributed by atoms with E-state index in [1.54, 1.807) is 13.8 Å². The number of carbonyl (C=O) groups is 1. The highest BCUT2D eigenvalue weighted by molar-refractivity contribution is 5.74. The fraction of sp³-hybridized carbons (Fsp3) is 0.923. The van der Waals surface area contributed by atoms with E-state index in [9.17, 15) is 18.0 Å². The van der Waals surface area contributed by atoms with E-state index in [4.69, 9.17) is 5.11 Å². The van der Waals surface area contributed by atoms with Crippen molar-refractivity contribution >= 4 is 6.03 Å². The van der Waals surface area contributed by atoms with Crippen molar-refractivity contribution < 1.29 is 23.1 Å². The van der Waals surface area contributed by atoms with Gasteiger partial charge in [-0.25, -0.2) is 4.79 Å². The van der Waals surface area contributed by atoms with Crippen LogP contribution in [0.5, 0.6) is 0 Å². The molecule has 4 nitrogen and oxygen atoms in total. The van der Waals surface area contributed by atoms with Crippen LogP contribution < -0.4 is 10.6 Å². The molecule has 7 heteroatoms. The minimum atomic E-state index is -4.45. The molecule has 0 aliphatic heterocycles. The number of rotatable bonds is 5. The van der Waals surface area contributed by atoms with Gasteiger partial charge in [0.2, 0.25) is 0 Å². The summed E-state index contributed by atoms with van der Waals surface area (Å²) in [5.74, 6) is -0.603. The van der Waals surface area contributed by atoms with Crippen LogP contribution in [0.2, 0.25) is 0 Å². The van der Waals surface area contributed by atoms with Crippen molar-refractivity contribution in [1.82, 2.24) is 10.6 Å². The van der Waals surface area contributed by atoms with Gasteiger partial charge in [-0.1, -0.05) is 26.7 Å². The molecule has 0 saturated heterocycles. The Balaban J connectivity index is 2.62. The Hall–Kier alpha value is -0.980. The first kappa shape index (κ1) is 17.1. The molecule has 0 aromatic carbocycles. The summed E-state index contributed by atoms with van der Waals surface area (Å²) in [6.07, 6.45) is -1.94. The van der Waals surface area contributed by atoms with Crippen LogP contribution in [0.4, 0.5) is 18.0 Å². The number of aliphatic hydroxyl groups excluding tert-OH is 1. The van der Waals surface area contributed by atoms with E-state index in [1.165, 1.54) is 0 Å². The van der Waals surface area contributed by atoms with Gasteiger partial charge in [-0.3, -0.25) is 0 Å². The number of alkyl halides is 3. The fourth-order valence-electron chi connectivity index (χ4n) is 2.53. The lowest BCUT2D eigenvalue weighted by Crippen LogP contribution is -2.55. The third kappa shape index (κ3) is 4.85. The quantitative estimate of drug-likeness (QED) is 0.729. The summed E-state index contributed by atoms with van der Waals surface area (Å²) >= 11 is 0. The topological polar surface area (TPSA) is 61.4 Å². The molecule has 2 atom stereocenters. The van der Waals surface area contributed by atoms with E-state index in [-0.39, 0.29) is 12.5 Å². The van der Waals surface area contributed by atoms with Gasteiger partial charge in [0.05, 0.1) is 12.6 Å². The molecule has 2 amide bonds. The van der Waals surface area contributed by atoms with Crippen molar-refractivity contribution in [2.45, 2.75) is 57.8 Å². The number of hydrogen-bond donors (Lipinski definition) is 3. The van der Waals surface area contributed by atoms with Crippen LogP contribution >= 0.6 is 0 Å². The van der Waals surface area contributed by atoms with E-state index < -0.39 is 30.2 Å². The maximum atomic E-state index is 13.0. The molecule has 3 N–H and O–H groups in total. The maximum Gasteiger partial charge on any atom is 0.408 e. The summed E-state index contributed by atoms with van der Waals surface area (Å²) < 4.78 is 39.1. The van der Waals surface area contributed by atoms with Gasteiger partial charge in [0.15, 0.2) is 0 Å². The Kier molecular flexibility index (Phi) is 6.10. The van der Waals surface area contributed by atoms with Gasteiger partial charge in [0, 0.05) is 0 Å². The third-order valence-electron chi connectivity index (χ3n) is 3.83. The molecular formula is C13H23F3N2O2. The van der Waals surface area contributed by atoms with E-state index in [1.807, 2.05) is 5.32 Å². The first-order chi connectivity index (χ1) is 9.25. The lowest BCUT2D eigenvalue weighted by atomic mass is 9.97. The lowest BCUT2D eigenvalue weighted by molar-refractivity contribution is -0.164. The average Bonchev–Trinajstić information content (AvgIpc) is 2.84. The largest absolute Gasteiger partial charge is 0.408 e. The second-order valence-electron chi connectivity index (χ2n) is 5.71. The van der Waals surface area contributed by atoms with Crippen molar-refractivity contribution in [2.24, 2.45) is 11.8 Å². The summed E-state index contributed by atoms with van der Waals surface area (Å²) in [5, 5.41) is 13.5. The van der Waals surface area contributed by atoms with Crippen molar-refractivity contribution in [1.29, 1.82) is 0 Å². The van der Waals surface area contributed by atoms with Crippen molar-refractivity contribution in [3.8, 4) is 0 Å². The predicted molar refractivity (Wildman–Crippen MR) is 69.2 cm³/mol. The summed E-state index contributed by atoms with van der Waals surface area (Å²) in [7, 11) is 0. The normalized spacial score (nSPS) is 19.9. The van der Waals surface area contributed by atoms with E-state index in [2.05, 4.69) is 5.32 Å². The van der Waals surface area contributed by atoms with Gasteiger partial charge in [-0.15, -0.1) is 0 Å². The molecule has 0 aromatic rings. The van der Waals surface area contributed by atoms with Crippen molar-refractivity contribution in [2.75, 3.05) is 6.61 Å². The van der Waals surface area contributed by atoms with Crippen molar-refractivity contribution in [3.63, 3.8) is 0 Å². The highest BCUT2D eigenvalue weighted by Gasteiger charge is 2.46. The zero-order valence-corrected chi connectivity index (χ0v) is 11.8. The summed E-state index contributed by atoms with van der Waals surface area (Å²) in [6.45, 7) is 3.25. The van der Waals surface area contributed by atoms with E-state index >= 15 is 0 Å². The number of carbonyl (C=O) groups excluding carboxylic acids is 1. The Labute approximate surface area is 117 Å². The standard InChI is InChI=1S/C13H23F3N2O2/c1-8(2)10(7-19)17-12(20)18-11(13(14,15)16)9-5-3-4-6-9/h8-11,19H,3-7H2,1-2H3,(H2,17,18,20)/t10-,11+/m1/s1. The van der Waals surface area contributed by atoms with Crippen LogP contribution in [-0.4, -0.2) is 36.0 Å². The molecule has 118 valence electrons. The Morgan fingerprint density at radius 1 is 1.25 bits per heavy atom. The van der Waals surface area contributed by atoms with Crippen LogP contribution in [-0.2, 0) is 0 Å². The summed E-state index contributed by atoms with van der Waals surface area (Å²) in [6, 6.07) is -3.23. The second kappa shape index (κ2) is 7.15. The molecular weight excluding hydrogens is 273 g/mol. The third-order valence-corrected chi connectivity index (χ3v) is 3.83. The van der Waals surface area contributed by atoms with Crippen LogP contribution in [0.25, 0.3) is 0 Å². The molecule has 0 spiro atoms. The van der Waals surface area contributed by atoms with Crippen molar-refractivity contribution in [3.05, 3.63) is 0 Å². The summed E-state index contributed by atoms with van der Waals surface area (Å²) in [4.78, 5) is 11.7. The monoisotopic (exact) mass is 296 g/mol. The molecule has 0 unspecified atom stereocenters. The van der Waals surface area contributed by atoms with Gasteiger partial charge in [-0.2, -0.15) is 13.2 Å². The van der Waals surface area contributed by atoms with Crippen LogP contribution in [0, 0.1) is 11.8 Å². The highest BCUT2D eigenvalue weighted by atomic mass is 19.4. The summed E-state index contributed by atoms with van der Waals surface area (Å²) in [5.41, 5.74) is 0. The number of nitrogens with one attached hydrogen (secondary N) is 2. The number of aliphatic hydroxyl groups is 1. The Bertz CT molecular complexity index is 315. The minimum absolute atomic E-state index is 0.0541. The molecule has 1 aliphatic rings. The predicted octanol–water partition coefficient (Wildman–Crippen LogP) is 2.42. The van der Waals surface area contributed by atoms with Gasteiger partial charge in [0.1, 0.15) is 6.04 Å². The second-order valence-corrected chi connectivity index (χ2v) is 5.71. The maximum absolute atomic E-state index is 13.0. The number of urea groups is 1. The zero-order valence-electron chi connectivity index (χ0n) is 11.8. The molecule has 0 heterocycles. The molecule has 1 rings (SSSR count). The number of hydrogen-bond acceptors (Lipinski definition) is 2. The molecule has 1 aliphatic carbocycles. The fourth-order valence-corrected chi connectivity index (χ4v) is 2.53. The highest BCUT2D eigenvalue weighted by Crippen LogP contribution is 2.35. The molecule has 1 fully saturated rings. The smallest absolute Gasteiger partial charge is 0.394 e. The van der Waals surface area contributed by atoms with Gasteiger partial charge in [0.25, 0.3) is 0 Å². The van der Waals surface area contributed by atoms with Crippen LogP contribution in [0.1, 0.15) is 39.5 Å². The van der Waals surface area contributed by atoms with Gasteiger partial charge in [-0.05, 0) is 24.7 Å². The molecule has 20 heavy (non-hydrogen) atoms. The van der Waals surface area contributed by atoms with Gasteiger partial charge < -0.3 is 15.7 Å². The lowest BCUT2D eigenvalue weighted by Gasteiger charge is -2.28. The molecule has 0 radical (unpaired) electrons. The zero-order chi connectivity index (χ0) is 15.3. The van der Waals surface area contributed by atoms with E-state index in [0.29, 0.717) is 12.8 Å². The minimum Gasteiger partial charge on any atom is -0.394 e.